The molecule has 1 aliphatic carbocycles. The molecular formula is C22H38N2O7. The third kappa shape index (κ3) is 11.8. The van der Waals surface area contributed by atoms with Crippen LogP contribution in [-0.4, -0.2) is 94.4 Å². The minimum atomic E-state index is -0.0437. The minimum absolute atomic E-state index is 0.0437. The molecule has 1 N–H and O–H groups in total. The van der Waals surface area contributed by atoms with Crippen molar-refractivity contribution in [2.24, 2.45) is 0 Å². The highest BCUT2D eigenvalue weighted by atomic mass is 16.6. The van der Waals surface area contributed by atoms with E-state index < -0.39 is 0 Å². The fraction of sp³-hybridized carbons (Fsp3) is 0.818. The first kappa shape index (κ1) is 26.1. The molecule has 0 saturated heterocycles. The fourth-order valence-corrected chi connectivity index (χ4v) is 3.36. The van der Waals surface area contributed by atoms with E-state index in [0.29, 0.717) is 77.7 Å². The van der Waals surface area contributed by atoms with Gasteiger partial charge in [-0.3, -0.25) is 0 Å². The van der Waals surface area contributed by atoms with E-state index in [4.69, 9.17) is 28.4 Å². The molecule has 0 amide bonds. The van der Waals surface area contributed by atoms with Gasteiger partial charge in [0.05, 0.1) is 84.5 Å². The SMILES string of the molecule is COCCOCCOCCOCCOCCO[C@H]1CC[C@H](c2nccc(CO)n2)CC1. The van der Waals surface area contributed by atoms with Crippen molar-refractivity contribution in [1.82, 2.24) is 9.97 Å². The number of ether oxygens (including phenoxy) is 6. The highest BCUT2D eigenvalue weighted by molar-refractivity contribution is 5.05. The van der Waals surface area contributed by atoms with Gasteiger partial charge in [-0.2, -0.15) is 0 Å². The van der Waals surface area contributed by atoms with Crippen molar-refractivity contribution in [2.45, 2.75) is 44.3 Å². The smallest absolute Gasteiger partial charge is 0.131 e. The summed E-state index contributed by atoms with van der Waals surface area (Å²) in [7, 11) is 1.65. The summed E-state index contributed by atoms with van der Waals surface area (Å²) < 4.78 is 32.5. The number of nitrogens with zero attached hydrogens (tertiary/aromatic N) is 2. The Hall–Kier alpha value is -1.20. The van der Waals surface area contributed by atoms with Crippen LogP contribution in [0.3, 0.4) is 0 Å². The Kier molecular flexibility index (Phi) is 14.6. The summed E-state index contributed by atoms with van der Waals surface area (Å²) in [6, 6.07) is 1.75. The van der Waals surface area contributed by atoms with Crippen LogP contribution in [0.1, 0.15) is 43.1 Å². The molecular weight excluding hydrogens is 404 g/mol. The molecule has 0 radical (unpaired) electrons. The summed E-state index contributed by atoms with van der Waals surface area (Å²) in [6.45, 7) is 5.64. The Morgan fingerprint density at radius 2 is 1.35 bits per heavy atom. The highest BCUT2D eigenvalue weighted by Gasteiger charge is 2.24. The summed E-state index contributed by atoms with van der Waals surface area (Å²) in [4.78, 5) is 8.80. The van der Waals surface area contributed by atoms with Gasteiger partial charge in [-0.05, 0) is 31.7 Å². The maximum Gasteiger partial charge on any atom is 0.131 e. The Morgan fingerprint density at radius 1 is 0.806 bits per heavy atom. The first-order chi connectivity index (χ1) is 15.3. The Balaban J connectivity index is 1.36. The number of hydrogen-bond acceptors (Lipinski definition) is 9. The number of rotatable bonds is 18. The van der Waals surface area contributed by atoms with Gasteiger partial charge in [-0.25, -0.2) is 9.97 Å². The lowest BCUT2D eigenvalue weighted by Gasteiger charge is -2.27. The lowest BCUT2D eigenvalue weighted by Crippen LogP contribution is -2.23. The van der Waals surface area contributed by atoms with Crippen LogP contribution in [0, 0.1) is 0 Å². The molecule has 0 unspecified atom stereocenters. The molecule has 1 saturated carbocycles. The number of aromatic nitrogens is 2. The second-order valence-electron chi connectivity index (χ2n) is 7.35. The first-order valence-corrected chi connectivity index (χ1v) is 11.2. The van der Waals surface area contributed by atoms with Crippen LogP contribution >= 0.6 is 0 Å². The molecule has 178 valence electrons. The average Bonchev–Trinajstić information content (AvgIpc) is 2.82. The second kappa shape index (κ2) is 17.4. The number of aliphatic hydroxyl groups is 1. The summed E-state index contributed by atoms with van der Waals surface area (Å²) in [6.07, 6.45) is 6.01. The predicted octanol–water partition coefficient (Wildman–Crippen LogP) is 1.72. The van der Waals surface area contributed by atoms with Crippen LogP contribution in [0.25, 0.3) is 0 Å². The monoisotopic (exact) mass is 442 g/mol. The molecule has 0 aliphatic heterocycles. The van der Waals surface area contributed by atoms with Gasteiger partial charge in [0.15, 0.2) is 0 Å². The van der Waals surface area contributed by atoms with Crippen molar-refractivity contribution in [3.8, 4) is 0 Å². The molecule has 1 heterocycles. The van der Waals surface area contributed by atoms with E-state index in [9.17, 15) is 5.11 Å². The van der Waals surface area contributed by atoms with E-state index in [0.717, 1.165) is 31.5 Å². The van der Waals surface area contributed by atoms with Gasteiger partial charge >= 0.3 is 0 Å². The molecule has 2 rings (SSSR count). The van der Waals surface area contributed by atoms with E-state index in [1.807, 2.05) is 0 Å². The van der Waals surface area contributed by atoms with Gasteiger partial charge in [0.2, 0.25) is 0 Å². The van der Waals surface area contributed by atoms with Crippen molar-refractivity contribution in [2.75, 3.05) is 73.2 Å². The third-order valence-corrected chi connectivity index (χ3v) is 5.06. The lowest BCUT2D eigenvalue weighted by atomic mass is 9.87. The van der Waals surface area contributed by atoms with Gasteiger partial charge in [0.25, 0.3) is 0 Å². The maximum atomic E-state index is 9.22. The zero-order valence-electron chi connectivity index (χ0n) is 18.7. The first-order valence-electron chi connectivity index (χ1n) is 11.2. The van der Waals surface area contributed by atoms with Gasteiger partial charge in [0.1, 0.15) is 5.82 Å². The summed E-state index contributed by atoms with van der Waals surface area (Å²) >= 11 is 0. The number of hydrogen-bond donors (Lipinski definition) is 1. The second-order valence-corrected chi connectivity index (χ2v) is 7.35. The molecule has 1 aromatic rings. The molecule has 1 aromatic heterocycles. The van der Waals surface area contributed by atoms with Gasteiger partial charge in [-0.1, -0.05) is 0 Å². The number of methoxy groups -OCH3 is 1. The van der Waals surface area contributed by atoms with Crippen molar-refractivity contribution in [1.29, 1.82) is 0 Å². The highest BCUT2D eigenvalue weighted by Crippen LogP contribution is 2.32. The zero-order valence-corrected chi connectivity index (χ0v) is 18.7. The molecule has 0 aromatic carbocycles. The number of aliphatic hydroxyl groups excluding tert-OH is 1. The van der Waals surface area contributed by atoms with Crippen LogP contribution in [0.2, 0.25) is 0 Å². The topological polar surface area (TPSA) is 101 Å². The zero-order chi connectivity index (χ0) is 22.0. The third-order valence-electron chi connectivity index (χ3n) is 5.06. The van der Waals surface area contributed by atoms with Crippen molar-refractivity contribution < 1.29 is 33.5 Å². The van der Waals surface area contributed by atoms with Gasteiger partial charge < -0.3 is 33.5 Å². The Labute approximate surface area is 185 Å². The van der Waals surface area contributed by atoms with E-state index in [1.165, 1.54) is 0 Å². The van der Waals surface area contributed by atoms with Gasteiger partial charge in [-0.15, -0.1) is 0 Å². The Bertz CT molecular complexity index is 556. The minimum Gasteiger partial charge on any atom is -0.390 e. The van der Waals surface area contributed by atoms with Crippen molar-refractivity contribution in [3.05, 3.63) is 23.8 Å². The van der Waals surface area contributed by atoms with Crippen LogP contribution in [0.4, 0.5) is 0 Å². The molecule has 1 aliphatic rings. The largest absolute Gasteiger partial charge is 0.390 e. The van der Waals surface area contributed by atoms with E-state index in [2.05, 4.69) is 9.97 Å². The average molecular weight is 443 g/mol. The van der Waals surface area contributed by atoms with Crippen molar-refractivity contribution in [3.63, 3.8) is 0 Å². The molecule has 0 spiro atoms. The Morgan fingerprint density at radius 3 is 1.90 bits per heavy atom. The molecule has 31 heavy (non-hydrogen) atoms. The van der Waals surface area contributed by atoms with Gasteiger partial charge in [0, 0.05) is 19.2 Å². The lowest BCUT2D eigenvalue weighted by molar-refractivity contribution is -0.0316. The molecule has 1 fully saturated rings. The molecule has 0 atom stereocenters. The van der Waals surface area contributed by atoms with E-state index in [1.54, 1.807) is 19.4 Å². The summed E-state index contributed by atoms with van der Waals surface area (Å²) in [5.41, 5.74) is 0.681. The standard InChI is InChI=1S/C22H38N2O7/c1-26-8-9-27-10-11-28-12-13-29-14-15-30-16-17-31-21-4-2-19(3-5-21)22-23-7-6-20(18-25)24-22/h6-7,19,21,25H,2-5,8-18H2,1H3/t19-,21-. The molecule has 0 bridgehead atoms. The maximum absolute atomic E-state index is 9.22. The summed E-state index contributed by atoms with van der Waals surface area (Å²) in [5, 5.41) is 9.22. The van der Waals surface area contributed by atoms with Crippen molar-refractivity contribution >= 4 is 0 Å². The summed E-state index contributed by atoms with van der Waals surface area (Å²) in [5.74, 6) is 1.20. The van der Waals surface area contributed by atoms with E-state index in [-0.39, 0.29) is 12.7 Å². The van der Waals surface area contributed by atoms with Crippen LogP contribution in [0.5, 0.6) is 0 Å². The van der Waals surface area contributed by atoms with Crippen LogP contribution in [-0.2, 0) is 35.0 Å². The predicted molar refractivity (Wildman–Crippen MR) is 114 cm³/mol. The molecule has 9 heteroatoms. The quantitative estimate of drug-likeness (QED) is 0.341. The van der Waals surface area contributed by atoms with E-state index >= 15 is 0 Å². The van der Waals surface area contributed by atoms with Crippen LogP contribution in [0.15, 0.2) is 12.3 Å². The van der Waals surface area contributed by atoms with Crippen LogP contribution < -0.4 is 0 Å². The molecule has 9 nitrogen and oxygen atoms in total. The normalized spacial score (nSPS) is 19.0. The fourth-order valence-electron chi connectivity index (χ4n) is 3.36.